The van der Waals surface area contributed by atoms with Gasteiger partial charge in [-0.05, 0) is 92.0 Å². The Kier molecular flexibility index (Phi) is 14.9. The molecular weight excluding hydrogens is 917 g/mol. The van der Waals surface area contributed by atoms with Crippen LogP contribution in [0.4, 0.5) is 0 Å². The largest absolute Gasteiger partial charge is 0.110 e. The molecule has 0 N–H and O–H groups in total. The quantitative estimate of drug-likeness (QED) is 0.0709. The lowest BCUT2D eigenvalue weighted by molar-refractivity contribution is 0.900. The van der Waals surface area contributed by atoms with Crippen LogP contribution in [0.3, 0.4) is 0 Å². The maximum Gasteiger partial charge on any atom is 0.0171 e. The zero-order valence-corrected chi connectivity index (χ0v) is 43.1. The standard InChI is InChI=1S/C66H58P4/c1-11-33-57(34-12-1)67(58-35-13-2-14-36-58,55-69(61-41-19-5-20-42-61,62-43-21-6-22-44-62)63-45-23-7-24-46-63)53-31-32-54-68(59-37-15-3-16-38-59,60-39-17-4-18-40-60)56-70(64-47-25-8-26-48-64,65-49-27-9-28-50-65)66-51-29-10-30-52-66/h1-30,33-52H,31-32,53-54H2. The zero-order chi connectivity index (χ0) is 47.4. The molecule has 10 rings (SSSR count). The molecule has 10 aromatic carbocycles. The predicted molar refractivity (Wildman–Crippen MR) is 317 cm³/mol. The molecule has 0 radical (unpaired) electrons. The average molecular weight is 975 g/mol. The fourth-order valence-corrected chi connectivity index (χ4v) is 31.0. The summed E-state index contributed by atoms with van der Waals surface area (Å²) in [7, 11) is 0. The molecule has 0 unspecified atom stereocenters. The molecule has 70 heavy (non-hydrogen) atoms. The van der Waals surface area contributed by atoms with Gasteiger partial charge >= 0.3 is 0 Å². The third-order valence-electron chi connectivity index (χ3n) is 13.5. The van der Waals surface area contributed by atoms with Crippen molar-refractivity contribution in [2.24, 2.45) is 0 Å². The maximum absolute atomic E-state index is 4.85. The summed E-state index contributed by atoms with van der Waals surface area (Å²) in [4.78, 5) is 0. The third-order valence-corrected chi connectivity index (χ3v) is 31.8. The fraction of sp³-hybridized carbons (Fsp3) is 0.0606. The summed E-state index contributed by atoms with van der Waals surface area (Å²) in [5.41, 5.74) is 0. The van der Waals surface area contributed by atoms with Gasteiger partial charge in [0.15, 0.2) is 0 Å². The van der Waals surface area contributed by atoms with Gasteiger partial charge in [0.25, 0.3) is 0 Å². The minimum Gasteiger partial charge on any atom is -0.110 e. The van der Waals surface area contributed by atoms with E-state index in [2.05, 4.69) is 303 Å². The minimum atomic E-state index is -2.51. The molecule has 0 aliphatic rings. The molecular formula is C66H58P4. The Balaban J connectivity index is 1.29. The second-order valence-electron chi connectivity index (χ2n) is 17.7. The van der Waals surface area contributed by atoms with E-state index in [0.717, 1.165) is 25.2 Å². The summed E-state index contributed by atoms with van der Waals surface area (Å²) in [5.74, 6) is 0. The van der Waals surface area contributed by atoms with Gasteiger partial charge < -0.3 is 0 Å². The topological polar surface area (TPSA) is 0 Å². The first-order valence-electron chi connectivity index (χ1n) is 24.4. The normalized spacial score (nSPS) is 11.8. The Morgan fingerprint density at radius 1 is 0.186 bits per heavy atom. The first kappa shape index (κ1) is 47.2. The first-order valence-corrected chi connectivity index (χ1v) is 31.9. The maximum atomic E-state index is 4.85. The summed E-state index contributed by atoms with van der Waals surface area (Å²) in [6, 6.07) is 114. The summed E-state index contributed by atoms with van der Waals surface area (Å²) >= 11 is 0. The number of unbranched alkanes of at least 4 members (excludes halogenated alkanes) is 1. The van der Waals surface area contributed by atoms with Crippen LogP contribution >= 0.6 is 27.5 Å². The highest BCUT2D eigenvalue weighted by atomic mass is 31.2. The minimum absolute atomic E-state index is 0.981. The van der Waals surface area contributed by atoms with E-state index >= 15 is 0 Å². The highest BCUT2D eigenvalue weighted by Gasteiger charge is 2.33. The Labute approximate surface area is 417 Å². The van der Waals surface area contributed by atoms with Crippen LogP contribution in [0.2, 0.25) is 0 Å². The lowest BCUT2D eigenvalue weighted by atomic mass is 10.4. The van der Waals surface area contributed by atoms with E-state index in [1.165, 1.54) is 53.0 Å². The van der Waals surface area contributed by atoms with E-state index in [1.54, 1.807) is 0 Å². The molecule has 0 saturated heterocycles. The Morgan fingerprint density at radius 2 is 0.329 bits per heavy atom. The van der Waals surface area contributed by atoms with Crippen LogP contribution in [0, 0.1) is 0 Å². The molecule has 0 spiro atoms. The van der Waals surface area contributed by atoms with Gasteiger partial charge in [0.1, 0.15) is 0 Å². The summed E-state index contributed by atoms with van der Waals surface area (Å²) in [5, 5.41) is 23.2. The number of benzene rings is 10. The molecule has 0 atom stereocenters. The van der Waals surface area contributed by atoms with Crippen LogP contribution in [0.1, 0.15) is 12.8 Å². The predicted octanol–water partition coefficient (Wildman–Crippen LogP) is 12.4. The van der Waals surface area contributed by atoms with Crippen LogP contribution in [-0.4, -0.2) is 22.7 Å². The second-order valence-corrected chi connectivity index (χ2v) is 31.3. The Bertz CT molecular complexity index is 2950. The van der Waals surface area contributed by atoms with Crippen molar-refractivity contribution in [1.29, 1.82) is 0 Å². The van der Waals surface area contributed by atoms with Crippen molar-refractivity contribution in [2.75, 3.05) is 12.3 Å². The molecule has 0 saturated carbocycles. The highest BCUT2D eigenvalue weighted by molar-refractivity contribution is 8.04. The van der Waals surface area contributed by atoms with Crippen molar-refractivity contribution >= 4 is 90.9 Å². The molecule has 4 heteroatoms. The van der Waals surface area contributed by atoms with Crippen LogP contribution in [0.5, 0.6) is 0 Å². The third kappa shape index (κ3) is 9.42. The number of rotatable bonds is 15. The molecule has 0 nitrogen and oxygen atoms in total. The van der Waals surface area contributed by atoms with E-state index in [1.807, 2.05) is 0 Å². The fourth-order valence-electron chi connectivity index (χ4n) is 10.2. The lowest BCUT2D eigenvalue weighted by Crippen LogP contribution is -2.28. The van der Waals surface area contributed by atoms with Gasteiger partial charge in [-0.15, -0.1) is 10.3 Å². The van der Waals surface area contributed by atoms with Crippen molar-refractivity contribution in [1.82, 2.24) is 0 Å². The van der Waals surface area contributed by atoms with Gasteiger partial charge in [-0.2, -0.15) is 0 Å². The van der Waals surface area contributed by atoms with E-state index in [9.17, 15) is 0 Å². The number of hydrogen-bond acceptors (Lipinski definition) is 0. The van der Waals surface area contributed by atoms with Gasteiger partial charge in [0.05, 0.1) is 0 Å². The van der Waals surface area contributed by atoms with Gasteiger partial charge in [-0.25, -0.2) is 0 Å². The van der Waals surface area contributed by atoms with Crippen molar-refractivity contribution in [3.63, 3.8) is 0 Å². The van der Waals surface area contributed by atoms with Gasteiger partial charge in [-0.3, -0.25) is 0 Å². The van der Waals surface area contributed by atoms with Crippen LogP contribution in [0.15, 0.2) is 303 Å². The molecule has 342 valence electrons. The summed E-state index contributed by atoms with van der Waals surface area (Å²) in [6.07, 6.45) is 3.99. The van der Waals surface area contributed by atoms with Crippen LogP contribution < -0.4 is 53.0 Å². The monoisotopic (exact) mass is 974 g/mol. The van der Waals surface area contributed by atoms with Crippen LogP contribution in [0.25, 0.3) is 0 Å². The molecule has 0 aromatic heterocycles. The van der Waals surface area contributed by atoms with E-state index < -0.39 is 27.5 Å². The van der Waals surface area contributed by atoms with Gasteiger partial charge in [0, 0.05) is 13.8 Å². The van der Waals surface area contributed by atoms with Crippen molar-refractivity contribution in [3.05, 3.63) is 303 Å². The Hall–Kier alpha value is -6.52. The zero-order valence-electron chi connectivity index (χ0n) is 39.5. The Morgan fingerprint density at radius 3 is 0.486 bits per heavy atom. The number of hydrogen-bond donors (Lipinski definition) is 0. The van der Waals surface area contributed by atoms with E-state index in [0.29, 0.717) is 0 Å². The average Bonchev–Trinajstić information content (AvgIpc) is 3.46. The molecule has 0 heterocycles. The molecule has 0 amide bonds. The molecule has 0 bridgehead atoms. The van der Waals surface area contributed by atoms with Crippen molar-refractivity contribution in [2.45, 2.75) is 12.8 Å². The lowest BCUT2D eigenvalue weighted by Gasteiger charge is -2.33. The molecule has 10 aromatic rings. The van der Waals surface area contributed by atoms with Crippen molar-refractivity contribution < 1.29 is 0 Å². The first-order chi connectivity index (χ1) is 34.7. The second kappa shape index (κ2) is 22.1. The molecule has 0 aliphatic heterocycles. The van der Waals surface area contributed by atoms with E-state index in [4.69, 9.17) is 10.3 Å². The smallest absolute Gasteiger partial charge is 0.0171 e. The molecule has 0 aliphatic carbocycles. The van der Waals surface area contributed by atoms with Gasteiger partial charge in [0.2, 0.25) is 0 Å². The van der Waals surface area contributed by atoms with Crippen molar-refractivity contribution in [3.8, 4) is 0 Å². The summed E-state index contributed by atoms with van der Waals surface area (Å²) < 4.78 is 0. The SMILES string of the molecule is C(=P(CCCCP(=C=P(c1ccccc1)(c1ccccc1)c1ccccc1)(c1ccccc1)c1ccccc1)(c1ccccc1)c1ccccc1)=P(c1ccccc1)(c1ccccc1)c1ccccc1. The highest BCUT2D eigenvalue weighted by Crippen LogP contribution is 2.55. The van der Waals surface area contributed by atoms with E-state index in [-0.39, 0.29) is 0 Å². The summed E-state index contributed by atoms with van der Waals surface area (Å²) in [6.45, 7) is -9.89. The van der Waals surface area contributed by atoms with Crippen LogP contribution in [-0.2, 0) is 0 Å². The molecule has 0 fully saturated rings. The van der Waals surface area contributed by atoms with Gasteiger partial charge in [-0.1, -0.05) is 303 Å².